The maximum atomic E-state index is 13.1. The summed E-state index contributed by atoms with van der Waals surface area (Å²) in [5, 5.41) is 5.69. The number of hydrogen-bond donors (Lipinski definition) is 2. The van der Waals surface area contributed by atoms with Crippen molar-refractivity contribution in [1.29, 1.82) is 0 Å². The van der Waals surface area contributed by atoms with Crippen molar-refractivity contribution in [2.75, 3.05) is 35.7 Å². The molecule has 3 rings (SSSR count). The first kappa shape index (κ1) is 22.0. The van der Waals surface area contributed by atoms with Gasteiger partial charge in [0.1, 0.15) is 0 Å². The van der Waals surface area contributed by atoms with Crippen molar-refractivity contribution in [3.8, 4) is 0 Å². The van der Waals surface area contributed by atoms with Gasteiger partial charge >= 0.3 is 0 Å². The summed E-state index contributed by atoms with van der Waals surface area (Å²) in [4.78, 5) is 40.9. The molecular weight excluding hydrogens is 448 g/mol. The van der Waals surface area contributed by atoms with Crippen molar-refractivity contribution in [2.24, 2.45) is 0 Å². The molecule has 0 aromatic heterocycles. The molecule has 2 aromatic carbocycles. The molecule has 8 heteroatoms. The van der Waals surface area contributed by atoms with Crippen LogP contribution in [0, 0.1) is 6.92 Å². The zero-order chi connectivity index (χ0) is 21.8. The molecule has 0 aliphatic carbocycles. The van der Waals surface area contributed by atoms with Crippen LogP contribution in [0.5, 0.6) is 0 Å². The van der Waals surface area contributed by atoms with Gasteiger partial charge in [-0.3, -0.25) is 19.3 Å². The van der Waals surface area contributed by atoms with E-state index >= 15 is 0 Å². The van der Waals surface area contributed by atoms with Crippen LogP contribution >= 0.6 is 15.9 Å². The minimum Gasteiger partial charge on any atom is -0.325 e. The number of nitrogens with one attached hydrogen (secondary N) is 2. The van der Waals surface area contributed by atoms with Gasteiger partial charge in [-0.2, -0.15) is 0 Å². The average Bonchev–Trinajstić information content (AvgIpc) is 2.78. The smallest absolute Gasteiger partial charge is 0.241 e. The van der Waals surface area contributed by atoms with Gasteiger partial charge in [0.25, 0.3) is 0 Å². The Kier molecular flexibility index (Phi) is 6.89. The third-order valence-corrected chi connectivity index (χ3v) is 5.76. The average molecular weight is 473 g/mol. The number of amides is 3. The number of anilines is 3. The minimum absolute atomic E-state index is 0.0534. The third-order valence-electron chi connectivity index (χ3n) is 4.90. The summed E-state index contributed by atoms with van der Waals surface area (Å²) < 4.78 is 0.917. The van der Waals surface area contributed by atoms with Gasteiger partial charge in [0.15, 0.2) is 0 Å². The van der Waals surface area contributed by atoms with E-state index in [4.69, 9.17) is 0 Å². The first-order valence-electron chi connectivity index (χ1n) is 9.70. The highest BCUT2D eigenvalue weighted by Gasteiger charge is 2.30. The Labute approximate surface area is 184 Å². The lowest BCUT2D eigenvalue weighted by Gasteiger charge is -2.29. The monoisotopic (exact) mass is 472 g/mol. The summed E-state index contributed by atoms with van der Waals surface area (Å²) in [6.07, 6.45) is 0.215. The number of aryl methyl sites for hydroxylation is 1. The van der Waals surface area contributed by atoms with Gasteiger partial charge in [-0.25, -0.2) is 0 Å². The molecule has 1 atom stereocenters. The number of carbonyl (C=O) groups excluding carboxylic acids is 3. The Morgan fingerprint density at radius 3 is 2.70 bits per heavy atom. The molecular formula is C22H25BrN4O3. The van der Waals surface area contributed by atoms with Crippen molar-refractivity contribution in [2.45, 2.75) is 26.3 Å². The van der Waals surface area contributed by atoms with E-state index in [0.29, 0.717) is 17.1 Å². The molecule has 0 radical (unpaired) electrons. The van der Waals surface area contributed by atoms with Crippen LogP contribution in [0.25, 0.3) is 0 Å². The zero-order valence-corrected chi connectivity index (χ0v) is 18.8. The lowest BCUT2D eigenvalue weighted by atomic mass is 10.1. The number of benzene rings is 2. The molecule has 0 spiro atoms. The number of likely N-dealkylation sites (N-methyl/N-ethyl adjacent to an activating group) is 1. The van der Waals surface area contributed by atoms with Gasteiger partial charge in [0.2, 0.25) is 17.7 Å². The SMILES string of the molecule is Cc1ccc(NC(=O)CN(C)CC(=O)N2c3ccccc3NC(=O)C[C@H]2C)cc1Br. The van der Waals surface area contributed by atoms with Crippen LogP contribution in [-0.2, 0) is 14.4 Å². The highest BCUT2D eigenvalue weighted by molar-refractivity contribution is 9.10. The summed E-state index contributed by atoms with van der Waals surface area (Å²) in [6, 6.07) is 12.6. The van der Waals surface area contributed by atoms with E-state index in [0.717, 1.165) is 10.0 Å². The number of rotatable bonds is 5. The highest BCUT2D eigenvalue weighted by atomic mass is 79.9. The maximum absolute atomic E-state index is 13.1. The fraction of sp³-hybridized carbons (Fsp3) is 0.318. The maximum Gasteiger partial charge on any atom is 0.241 e. The second kappa shape index (κ2) is 9.40. The summed E-state index contributed by atoms with van der Waals surface area (Å²) in [7, 11) is 1.72. The highest BCUT2D eigenvalue weighted by Crippen LogP contribution is 2.31. The van der Waals surface area contributed by atoms with E-state index < -0.39 is 0 Å². The van der Waals surface area contributed by atoms with Crippen LogP contribution in [0.1, 0.15) is 18.9 Å². The van der Waals surface area contributed by atoms with Crippen molar-refractivity contribution in [3.63, 3.8) is 0 Å². The van der Waals surface area contributed by atoms with Gasteiger partial charge < -0.3 is 15.5 Å². The van der Waals surface area contributed by atoms with E-state index in [2.05, 4.69) is 26.6 Å². The molecule has 1 aliphatic rings. The predicted molar refractivity (Wildman–Crippen MR) is 122 cm³/mol. The molecule has 1 heterocycles. The van der Waals surface area contributed by atoms with Crippen molar-refractivity contribution >= 4 is 50.7 Å². The standard InChI is InChI=1S/C22H25BrN4O3/c1-14-8-9-16(11-17(14)23)24-21(29)12-26(3)13-22(30)27-15(2)10-20(28)25-18-6-4-5-7-19(18)27/h4-9,11,15H,10,12-13H2,1-3H3,(H,24,29)(H,25,28)/t15-/m1/s1. The molecule has 0 saturated heterocycles. The number of nitrogens with zero attached hydrogens (tertiary/aromatic N) is 2. The molecule has 158 valence electrons. The van der Waals surface area contributed by atoms with Crippen LogP contribution in [0.2, 0.25) is 0 Å². The zero-order valence-electron chi connectivity index (χ0n) is 17.2. The lowest BCUT2D eigenvalue weighted by molar-refractivity contribution is -0.121. The molecule has 30 heavy (non-hydrogen) atoms. The summed E-state index contributed by atoms with van der Waals surface area (Å²) >= 11 is 3.45. The summed E-state index contributed by atoms with van der Waals surface area (Å²) in [5.74, 6) is -0.496. The molecule has 0 fully saturated rings. The number of halogens is 1. The first-order valence-corrected chi connectivity index (χ1v) is 10.5. The normalized spacial score (nSPS) is 16.0. The number of fused-ring (bicyclic) bond motifs is 1. The van der Waals surface area contributed by atoms with Gasteiger partial charge in [-0.05, 0) is 50.7 Å². The van der Waals surface area contributed by atoms with Crippen molar-refractivity contribution in [1.82, 2.24) is 4.90 Å². The van der Waals surface area contributed by atoms with Gasteiger partial charge in [-0.1, -0.05) is 34.1 Å². The van der Waals surface area contributed by atoms with E-state index in [1.54, 1.807) is 22.9 Å². The molecule has 1 aliphatic heterocycles. The van der Waals surface area contributed by atoms with Crippen LogP contribution < -0.4 is 15.5 Å². The lowest BCUT2D eigenvalue weighted by Crippen LogP contribution is -2.45. The van der Waals surface area contributed by atoms with E-state index in [9.17, 15) is 14.4 Å². The summed E-state index contributed by atoms with van der Waals surface area (Å²) in [5.41, 5.74) is 3.06. The topological polar surface area (TPSA) is 81.8 Å². The van der Waals surface area contributed by atoms with Gasteiger partial charge in [0, 0.05) is 22.6 Å². The second-order valence-corrected chi connectivity index (χ2v) is 8.42. The van der Waals surface area contributed by atoms with Crippen molar-refractivity contribution in [3.05, 3.63) is 52.5 Å². The van der Waals surface area contributed by atoms with Crippen LogP contribution in [0.15, 0.2) is 46.9 Å². The molecule has 7 nitrogen and oxygen atoms in total. The quantitative estimate of drug-likeness (QED) is 0.698. The van der Waals surface area contributed by atoms with Gasteiger partial charge in [0.05, 0.1) is 24.5 Å². The minimum atomic E-state index is -0.284. The first-order chi connectivity index (χ1) is 14.2. The largest absolute Gasteiger partial charge is 0.325 e. The second-order valence-electron chi connectivity index (χ2n) is 7.57. The molecule has 3 amide bonds. The Bertz CT molecular complexity index is 979. The van der Waals surface area contributed by atoms with E-state index in [1.807, 2.05) is 50.2 Å². The fourth-order valence-electron chi connectivity index (χ4n) is 3.45. The van der Waals surface area contributed by atoms with E-state index in [-0.39, 0.29) is 43.3 Å². The molecule has 0 saturated carbocycles. The Morgan fingerprint density at radius 2 is 1.97 bits per heavy atom. The third kappa shape index (κ3) is 5.25. The number of hydrogen-bond acceptors (Lipinski definition) is 4. The number of para-hydroxylation sites is 2. The van der Waals surface area contributed by atoms with E-state index in [1.165, 1.54) is 0 Å². The van der Waals surface area contributed by atoms with Crippen molar-refractivity contribution < 1.29 is 14.4 Å². The van der Waals surface area contributed by atoms with Crippen LogP contribution in [0.3, 0.4) is 0 Å². The summed E-state index contributed by atoms with van der Waals surface area (Å²) in [6.45, 7) is 3.94. The fourth-order valence-corrected chi connectivity index (χ4v) is 3.83. The Morgan fingerprint density at radius 1 is 1.23 bits per heavy atom. The Balaban J connectivity index is 1.65. The molecule has 2 N–H and O–H groups in total. The molecule has 2 aromatic rings. The van der Waals surface area contributed by atoms with Crippen LogP contribution in [-0.4, -0.2) is 48.8 Å². The number of carbonyl (C=O) groups is 3. The molecule has 0 bridgehead atoms. The Hall–Kier alpha value is -2.71. The predicted octanol–water partition coefficient (Wildman–Crippen LogP) is 3.39. The van der Waals surface area contributed by atoms with Gasteiger partial charge in [-0.15, -0.1) is 0 Å². The van der Waals surface area contributed by atoms with Crippen LogP contribution in [0.4, 0.5) is 17.1 Å². The molecule has 0 unspecified atom stereocenters.